The van der Waals surface area contributed by atoms with Crippen LogP contribution in [0.25, 0.3) is 11.3 Å². The molecule has 2 aromatic heterocycles. The van der Waals surface area contributed by atoms with Crippen LogP contribution in [0.3, 0.4) is 0 Å². The third-order valence-corrected chi connectivity index (χ3v) is 7.73. The number of alkyl halides is 3. The Labute approximate surface area is 229 Å². The lowest BCUT2D eigenvalue weighted by molar-refractivity contribution is -0.139. The van der Waals surface area contributed by atoms with Gasteiger partial charge in [-0.15, -0.1) is 0 Å². The van der Waals surface area contributed by atoms with Crippen molar-refractivity contribution in [2.24, 2.45) is 0 Å². The molecule has 0 spiro atoms. The van der Waals surface area contributed by atoms with E-state index in [0.29, 0.717) is 49.6 Å². The molecule has 212 valence electrons. The normalized spacial score (nSPS) is 17.4. The second-order valence-electron chi connectivity index (χ2n) is 10.2. The molecule has 0 radical (unpaired) electrons. The van der Waals surface area contributed by atoms with Crippen LogP contribution >= 0.6 is 0 Å². The van der Waals surface area contributed by atoms with Gasteiger partial charge in [-0.25, -0.2) is 19.3 Å². The van der Waals surface area contributed by atoms with E-state index in [9.17, 15) is 17.6 Å². The number of piperidine rings is 1. The number of nitrogens with two attached hydrogens (primary N) is 1. The monoisotopic (exact) mass is 557 g/mol. The van der Waals surface area contributed by atoms with Crippen LogP contribution in [0.1, 0.15) is 48.0 Å². The Morgan fingerprint density at radius 3 is 2.40 bits per heavy atom. The summed E-state index contributed by atoms with van der Waals surface area (Å²) in [5.41, 5.74) is 5.94. The van der Waals surface area contributed by atoms with Crippen molar-refractivity contribution >= 4 is 24.1 Å². The molecule has 0 bridgehead atoms. The number of nitrogens with one attached hydrogen (secondary N) is 2. The Morgan fingerprint density at radius 1 is 1.05 bits per heavy atom. The van der Waals surface area contributed by atoms with Gasteiger partial charge in [-0.3, -0.25) is 0 Å². The number of aromatic nitrogens is 4. The Hall–Kier alpha value is -3.87. The zero-order valence-corrected chi connectivity index (χ0v) is 21.8. The van der Waals surface area contributed by atoms with Crippen LogP contribution in [0.5, 0.6) is 0 Å². The van der Waals surface area contributed by atoms with Crippen LogP contribution in [-0.2, 0) is 12.7 Å². The topological polar surface area (TPSA) is 124 Å². The summed E-state index contributed by atoms with van der Waals surface area (Å²) in [6.45, 7) is 4.75. The van der Waals surface area contributed by atoms with Crippen molar-refractivity contribution in [1.29, 1.82) is 10.8 Å². The van der Waals surface area contributed by atoms with Gasteiger partial charge < -0.3 is 30.9 Å². The fourth-order valence-corrected chi connectivity index (χ4v) is 5.37. The molecule has 0 atom stereocenters. The first kappa shape index (κ1) is 27.7. The van der Waals surface area contributed by atoms with Crippen molar-refractivity contribution in [1.82, 2.24) is 24.4 Å². The van der Waals surface area contributed by atoms with E-state index in [-0.39, 0.29) is 17.3 Å². The fraction of sp³-hybridized carbons (Fsp3) is 0.444. The molecule has 2 saturated heterocycles. The Bertz CT molecular complexity index is 1370. The van der Waals surface area contributed by atoms with Gasteiger partial charge in [0.05, 0.1) is 22.7 Å². The zero-order chi connectivity index (χ0) is 28.4. The van der Waals surface area contributed by atoms with Crippen LogP contribution in [0.4, 0.5) is 29.2 Å². The first-order valence-corrected chi connectivity index (χ1v) is 13.2. The Balaban J connectivity index is 1.41. The van der Waals surface area contributed by atoms with Crippen molar-refractivity contribution in [3.8, 4) is 11.3 Å². The van der Waals surface area contributed by atoms with Crippen LogP contribution in [0.15, 0.2) is 30.7 Å². The summed E-state index contributed by atoms with van der Waals surface area (Å²) in [7, 11) is 0. The molecule has 0 aliphatic carbocycles. The zero-order valence-electron chi connectivity index (χ0n) is 21.8. The summed E-state index contributed by atoms with van der Waals surface area (Å²) >= 11 is 0. The smallest absolute Gasteiger partial charge is 0.383 e. The third kappa shape index (κ3) is 5.55. The SMILES string of the molecule is N=CC(C=N)c1c(N)ncnc1N1CCC(c2nc(-c3ccc(F)c(C(F)(F)F)c3)cn2CCN2CCC2)CC1. The van der Waals surface area contributed by atoms with Gasteiger partial charge in [0.25, 0.3) is 0 Å². The number of hydrogen-bond donors (Lipinski definition) is 3. The highest BCUT2D eigenvalue weighted by Gasteiger charge is 2.35. The number of likely N-dealkylation sites (tertiary alicyclic amines) is 1. The second-order valence-corrected chi connectivity index (χ2v) is 10.2. The molecule has 9 nitrogen and oxygen atoms in total. The summed E-state index contributed by atoms with van der Waals surface area (Å²) in [6.07, 6.45) is 3.19. The molecule has 0 saturated carbocycles. The van der Waals surface area contributed by atoms with E-state index in [0.717, 1.165) is 56.4 Å². The van der Waals surface area contributed by atoms with Crippen LogP contribution < -0.4 is 10.6 Å². The van der Waals surface area contributed by atoms with Gasteiger partial charge in [0, 0.05) is 56.3 Å². The maximum absolute atomic E-state index is 13.9. The highest BCUT2D eigenvalue weighted by atomic mass is 19.4. The Morgan fingerprint density at radius 2 is 1.77 bits per heavy atom. The molecule has 2 aliphatic rings. The Kier molecular flexibility index (Phi) is 7.83. The van der Waals surface area contributed by atoms with Gasteiger partial charge in [0.2, 0.25) is 0 Å². The maximum atomic E-state index is 13.9. The van der Waals surface area contributed by atoms with Crippen LogP contribution in [-0.4, -0.2) is 69.6 Å². The van der Waals surface area contributed by atoms with E-state index in [4.69, 9.17) is 21.5 Å². The molecule has 13 heteroatoms. The fourth-order valence-electron chi connectivity index (χ4n) is 5.37. The summed E-state index contributed by atoms with van der Waals surface area (Å²) in [5.74, 6) is -0.267. The number of halogens is 4. The molecule has 2 aliphatic heterocycles. The van der Waals surface area contributed by atoms with Crippen molar-refractivity contribution in [3.05, 3.63) is 53.5 Å². The molecular formula is C27H31F4N9. The first-order valence-electron chi connectivity index (χ1n) is 13.2. The maximum Gasteiger partial charge on any atom is 0.419 e. The first-order chi connectivity index (χ1) is 19.2. The van der Waals surface area contributed by atoms with E-state index < -0.39 is 23.5 Å². The third-order valence-electron chi connectivity index (χ3n) is 7.73. The molecule has 2 fully saturated rings. The molecule has 0 unspecified atom stereocenters. The van der Waals surface area contributed by atoms with Crippen LogP contribution in [0.2, 0.25) is 0 Å². The molecule has 4 N–H and O–H groups in total. The number of imidazole rings is 1. The van der Waals surface area contributed by atoms with Crippen LogP contribution in [0, 0.1) is 16.6 Å². The number of rotatable bonds is 9. The van der Waals surface area contributed by atoms with Crippen molar-refractivity contribution in [3.63, 3.8) is 0 Å². The summed E-state index contributed by atoms with van der Waals surface area (Å²) in [4.78, 5) is 17.6. The van der Waals surface area contributed by atoms with E-state index in [1.165, 1.54) is 12.4 Å². The molecule has 4 heterocycles. The van der Waals surface area contributed by atoms with Crippen molar-refractivity contribution < 1.29 is 17.6 Å². The molecule has 40 heavy (non-hydrogen) atoms. The number of anilines is 2. The summed E-state index contributed by atoms with van der Waals surface area (Å²) < 4.78 is 56.1. The second kappa shape index (κ2) is 11.3. The number of benzene rings is 1. The lowest BCUT2D eigenvalue weighted by Crippen LogP contribution is -2.39. The van der Waals surface area contributed by atoms with E-state index in [1.54, 1.807) is 6.20 Å². The van der Waals surface area contributed by atoms with E-state index in [1.807, 2.05) is 4.57 Å². The average Bonchev–Trinajstić information content (AvgIpc) is 3.33. The van der Waals surface area contributed by atoms with Gasteiger partial charge in [0.1, 0.15) is 29.6 Å². The highest BCUT2D eigenvalue weighted by Crippen LogP contribution is 2.37. The minimum atomic E-state index is -4.80. The molecule has 0 amide bonds. The minimum Gasteiger partial charge on any atom is -0.383 e. The minimum absolute atomic E-state index is 0.0489. The van der Waals surface area contributed by atoms with Gasteiger partial charge >= 0.3 is 6.18 Å². The quantitative estimate of drug-likeness (QED) is 0.262. The van der Waals surface area contributed by atoms with Gasteiger partial charge in [-0.1, -0.05) is 0 Å². The van der Waals surface area contributed by atoms with Gasteiger partial charge in [-0.05, 0) is 50.6 Å². The number of nitrogen functional groups attached to an aromatic ring is 1. The summed E-state index contributed by atoms with van der Waals surface area (Å²) in [6, 6.07) is 3.01. The largest absolute Gasteiger partial charge is 0.419 e. The molecular weight excluding hydrogens is 526 g/mol. The van der Waals surface area contributed by atoms with E-state index >= 15 is 0 Å². The molecule has 5 rings (SSSR count). The van der Waals surface area contributed by atoms with Crippen molar-refractivity contribution in [2.45, 2.75) is 43.8 Å². The van der Waals surface area contributed by atoms with Gasteiger partial charge in [0.15, 0.2) is 0 Å². The standard InChI is InChI=1S/C27H31F4N9/c28-21-3-2-18(12-20(21)27(29,30)31)22-15-40(11-10-38-6-1-7-38)25(37-22)17-4-8-39(9-5-17)26-23(19(13-32)14-33)24(34)35-16-36-26/h2-3,12-17,19,32-33H,1,4-11H2,(H2,34,35,36). The lowest BCUT2D eigenvalue weighted by atomic mass is 9.94. The average molecular weight is 558 g/mol. The van der Waals surface area contributed by atoms with Gasteiger partial charge in [-0.2, -0.15) is 13.2 Å². The predicted octanol–water partition coefficient (Wildman–Crippen LogP) is 4.55. The van der Waals surface area contributed by atoms with Crippen molar-refractivity contribution in [2.75, 3.05) is 43.4 Å². The number of nitrogens with zero attached hydrogens (tertiary/aromatic N) is 6. The number of hydrogen-bond acceptors (Lipinski definition) is 8. The summed E-state index contributed by atoms with van der Waals surface area (Å²) in [5, 5.41) is 15.4. The lowest BCUT2D eigenvalue weighted by Gasteiger charge is -2.35. The highest BCUT2D eigenvalue weighted by molar-refractivity contribution is 5.91. The molecule has 1 aromatic carbocycles. The van der Waals surface area contributed by atoms with E-state index in [2.05, 4.69) is 19.8 Å². The predicted molar refractivity (Wildman–Crippen MR) is 145 cm³/mol. The molecule has 3 aromatic rings.